The lowest BCUT2D eigenvalue weighted by atomic mass is 9.90. The number of piperidine rings is 1. The predicted octanol–water partition coefficient (Wildman–Crippen LogP) is 0.636. The average Bonchev–Trinajstić information content (AvgIpc) is 2.30. The van der Waals surface area contributed by atoms with Crippen LogP contribution in [0.3, 0.4) is 0 Å². The van der Waals surface area contributed by atoms with Crippen molar-refractivity contribution in [3.8, 4) is 0 Å². The zero-order valence-electron chi connectivity index (χ0n) is 8.68. The van der Waals surface area contributed by atoms with Gasteiger partial charge in [0.15, 0.2) is 5.16 Å². The Kier molecular flexibility index (Phi) is 3.56. The van der Waals surface area contributed by atoms with E-state index in [2.05, 4.69) is 15.3 Å². The van der Waals surface area contributed by atoms with Crippen LogP contribution in [-0.4, -0.2) is 40.5 Å². The molecule has 15 heavy (non-hydrogen) atoms. The Labute approximate surface area is 93.5 Å². The summed E-state index contributed by atoms with van der Waals surface area (Å²) in [5.74, 6) is 0.183. The van der Waals surface area contributed by atoms with Crippen LogP contribution in [0.5, 0.6) is 0 Å². The maximum absolute atomic E-state index is 9.83. The first kappa shape index (κ1) is 10.9. The molecule has 0 radical (unpaired) electrons. The van der Waals surface area contributed by atoms with Crippen molar-refractivity contribution in [2.24, 2.45) is 0 Å². The highest BCUT2D eigenvalue weighted by Gasteiger charge is 2.24. The average molecular weight is 225 g/mol. The highest BCUT2D eigenvalue weighted by molar-refractivity contribution is 7.98. The topological polar surface area (TPSA) is 58.0 Å². The van der Waals surface area contributed by atoms with Crippen LogP contribution < -0.4 is 5.32 Å². The molecule has 5 heteroatoms. The largest absolute Gasteiger partial charge is 0.391 e. The smallest absolute Gasteiger partial charge is 0.187 e. The quantitative estimate of drug-likeness (QED) is 0.571. The van der Waals surface area contributed by atoms with E-state index >= 15 is 0 Å². The van der Waals surface area contributed by atoms with E-state index in [1.807, 2.05) is 18.6 Å². The van der Waals surface area contributed by atoms with Gasteiger partial charge in [0, 0.05) is 24.9 Å². The highest BCUT2D eigenvalue weighted by Crippen LogP contribution is 2.24. The number of thioether (sulfide) groups is 1. The van der Waals surface area contributed by atoms with Crippen molar-refractivity contribution in [3.05, 3.63) is 18.0 Å². The Morgan fingerprint density at radius 2 is 2.20 bits per heavy atom. The molecule has 2 atom stereocenters. The van der Waals surface area contributed by atoms with Gasteiger partial charge in [-0.05, 0) is 24.8 Å². The molecule has 4 nitrogen and oxygen atoms in total. The molecule has 0 bridgehead atoms. The lowest BCUT2D eigenvalue weighted by Gasteiger charge is -2.28. The second-order valence-corrected chi connectivity index (χ2v) is 4.44. The Hall–Kier alpha value is -0.650. The summed E-state index contributed by atoms with van der Waals surface area (Å²) >= 11 is 1.53. The van der Waals surface area contributed by atoms with Crippen LogP contribution in [0.1, 0.15) is 17.9 Å². The molecule has 1 aromatic rings. The Morgan fingerprint density at radius 1 is 1.47 bits per heavy atom. The fourth-order valence-electron chi connectivity index (χ4n) is 1.85. The summed E-state index contributed by atoms with van der Waals surface area (Å²) in [4.78, 5) is 8.45. The number of aromatic nitrogens is 2. The minimum Gasteiger partial charge on any atom is -0.391 e. The molecule has 2 heterocycles. The van der Waals surface area contributed by atoms with Gasteiger partial charge in [-0.2, -0.15) is 0 Å². The van der Waals surface area contributed by atoms with E-state index in [-0.39, 0.29) is 12.0 Å². The number of nitrogens with zero attached hydrogens (tertiary/aromatic N) is 2. The fourth-order valence-corrected chi connectivity index (χ4v) is 2.17. The van der Waals surface area contributed by atoms with Gasteiger partial charge in [0.05, 0.1) is 6.10 Å². The minimum absolute atomic E-state index is 0.183. The zero-order chi connectivity index (χ0) is 10.7. The van der Waals surface area contributed by atoms with Crippen LogP contribution in [0.25, 0.3) is 0 Å². The van der Waals surface area contributed by atoms with Crippen LogP contribution in [-0.2, 0) is 0 Å². The molecular weight excluding hydrogens is 210 g/mol. The van der Waals surface area contributed by atoms with Crippen molar-refractivity contribution in [1.82, 2.24) is 15.3 Å². The molecule has 1 aliphatic rings. The number of rotatable bonds is 2. The Balaban J connectivity index is 2.13. The van der Waals surface area contributed by atoms with Gasteiger partial charge in [0.1, 0.15) is 0 Å². The summed E-state index contributed by atoms with van der Waals surface area (Å²) in [5, 5.41) is 13.8. The third-order valence-electron chi connectivity index (χ3n) is 2.71. The second-order valence-electron chi connectivity index (χ2n) is 3.67. The van der Waals surface area contributed by atoms with Crippen molar-refractivity contribution in [1.29, 1.82) is 0 Å². The minimum atomic E-state index is -0.317. The number of aliphatic hydroxyl groups is 1. The van der Waals surface area contributed by atoms with Gasteiger partial charge in [0.2, 0.25) is 0 Å². The number of aliphatic hydroxyl groups excluding tert-OH is 1. The maximum atomic E-state index is 9.83. The third-order valence-corrected chi connectivity index (χ3v) is 3.28. The molecule has 2 unspecified atom stereocenters. The van der Waals surface area contributed by atoms with E-state index < -0.39 is 0 Å². The van der Waals surface area contributed by atoms with Crippen molar-refractivity contribution in [2.45, 2.75) is 23.6 Å². The summed E-state index contributed by atoms with van der Waals surface area (Å²) in [6, 6.07) is 0. The van der Waals surface area contributed by atoms with Gasteiger partial charge >= 0.3 is 0 Å². The first-order valence-electron chi connectivity index (χ1n) is 5.06. The lowest BCUT2D eigenvalue weighted by molar-refractivity contribution is 0.118. The maximum Gasteiger partial charge on any atom is 0.187 e. The van der Waals surface area contributed by atoms with Gasteiger partial charge < -0.3 is 10.4 Å². The van der Waals surface area contributed by atoms with E-state index in [0.29, 0.717) is 6.54 Å². The summed E-state index contributed by atoms with van der Waals surface area (Å²) < 4.78 is 0. The second kappa shape index (κ2) is 4.92. The van der Waals surface area contributed by atoms with Crippen LogP contribution in [0.2, 0.25) is 0 Å². The highest BCUT2D eigenvalue weighted by atomic mass is 32.2. The van der Waals surface area contributed by atoms with Crippen LogP contribution >= 0.6 is 11.8 Å². The van der Waals surface area contributed by atoms with Crippen molar-refractivity contribution >= 4 is 11.8 Å². The van der Waals surface area contributed by atoms with E-state index in [4.69, 9.17) is 0 Å². The molecule has 1 aromatic heterocycles. The fraction of sp³-hybridized carbons (Fsp3) is 0.600. The van der Waals surface area contributed by atoms with Gasteiger partial charge in [-0.1, -0.05) is 11.8 Å². The molecule has 0 aliphatic carbocycles. The zero-order valence-corrected chi connectivity index (χ0v) is 9.50. The van der Waals surface area contributed by atoms with Gasteiger partial charge in [-0.15, -0.1) is 0 Å². The lowest BCUT2D eigenvalue weighted by Crippen LogP contribution is -2.39. The van der Waals surface area contributed by atoms with Crippen molar-refractivity contribution < 1.29 is 5.11 Å². The summed E-state index contributed by atoms with van der Waals surface area (Å²) in [6.45, 7) is 1.61. The Bertz CT molecular complexity index is 317. The third kappa shape index (κ3) is 2.48. The Morgan fingerprint density at radius 3 is 2.80 bits per heavy atom. The number of β-amino-alcohol motifs (C(OH)–C–C–N with tert-alkyl or cyclic N) is 1. The molecule has 2 rings (SSSR count). The summed E-state index contributed by atoms with van der Waals surface area (Å²) in [6.07, 6.45) is 6.25. The predicted molar refractivity (Wildman–Crippen MR) is 60.0 cm³/mol. The molecule has 1 aliphatic heterocycles. The molecule has 0 saturated carbocycles. The number of hydrogen-bond acceptors (Lipinski definition) is 5. The molecule has 0 spiro atoms. The van der Waals surface area contributed by atoms with E-state index in [9.17, 15) is 5.11 Å². The number of nitrogens with one attached hydrogen (secondary N) is 1. The first-order chi connectivity index (χ1) is 7.31. The number of hydrogen-bond donors (Lipinski definition) is 2. The van der Waals surface area contributed by atoms with Gasteiger partial charge in [-0.3, -0.25) is 0 Å². The molecule has 2 N–H and O–H groups in total. The molecule has 0 aromatic carbocycles. The molecule has 0 amide bonds. The molecule has 82 valence electrons. The SMILES string of the molecule is CSc1ncc(C2CCNCC2O)cn1. The molecule has 1 saturated heterocycles. The monoisotopic (exact) mass is 225 g/mol. The van der Waals surface area contributed by atoms with Gasteiger partial charge in [-0.25, -0.2) is 9.97 Å². The summed E-state index contributed by atoms with van der Waals surface area (Å²) in [7, 11) is 0. The van der Waals surface area contributed by atoms with E-state index in [1.54, 1.807) is 0 Å². The van der Waals surface area contributed by atoms with Crippen molar-refractivity contribution in [2.75, 3.05) is 19.3 Å². The van der Waals surface area contributed by atoms with E-state index in [0.717, 1.165) is 23.7 Å². The van der Waals surface area contributed by atoms with E-state index in [1.165, 1.54) is 11.8 Å². The standard InChI is InChI=1S/C10H15N3OS/c1-15-10-12-4-7(5-13-10)8-2-3-11-6-9(8)14/h4-5,8-9,11,14H,2-3,6H2,1H3. The normalized spacial score (nSPS) is 26.5. The van der Waals surface area contributed by atoms with Crippen LogP contribution in [0, 0.1) is 0 Å². The summed E-state index contributed by atoms with van der Waals surface area (Å²) in [5.41, 5.74) is 1.04. The molecule has 1 fully saturated rings. The molecular formula is C10H15N3OS. The van der Waals surface area contributed by atoms with Gasteiger partial charge in [0.25, 0.3) is 0 Å². The van der Waals surface area contributed by atoms with Crippen LogP contribution in [0.15, 0.2) is 17.6 Å². The first-order valence-corrected chi connectivity index (χ1v) is 6.28. The van der Waals surface area contributed by atoms with Crippen LogP contribution in [0.4, 0.5) is 0 Å². The van der Waals surface area contributed by atoms with Crippen molar-refractivity contribution in [3.63, 3.8) is 0 Å².